The van der Waals surface area contributed by atoms with Gasteiger partial charge in [-0.2, -0.15) is 5.10 Å². The second-order valence-corrected chi connectivity index (χ2v) is 5.15. The van der Waals surface area contributed by atoms with Crippen molar-refractivity contribution in [2.45, 2.75) is 37.6 Å². The number of hydrogen-bond donors (Lipinski definition) is 3. The number of amides is 1. The number of anilines is 1. The smallest absolute Gasteiger partial charge is 0.276 e. The summed E-state index contributed by atoms with van der Waals surface area (Å²) in [7, 11) is 0. The molecule has 1 atom stereocenters. The second-order valence-electron chi connectivity index (χ2n) is 5.15. The minimum absolute atomic E-state index is 0.00551. The molecule has 1 aliphatic heterocycles. The standard InChI is InChI=1S/C12H18N4O2/c13-9-10(7-3-4-7)14-15-11(9)12(18)16-5-1-2-8(16)6-17/h7-8,17H,1-6,13H2,(H,14,15)/t8-/m0/s1. The third kappa shape index (κ3) is 1.77. The van der Waals surface area contributed by atoms with Gasteiger partial charge in [-0.3, -0.25) is 9.89 Å². The van der Waals surface area contributed by atoms with Gasteiger partial charge < -0.3 is 15.7 Å². The Kier molecular flexibility index (Phi) is 2.74. The molecule has 1 saturated heterocycles. The van der Waals surface area contributed by atoms with Crippen LogP contribution in [-0.2, 0) is 0 Å². The van der Waals surface area contributed by atoms with Crippen LogP contribution in [0.1, 0.15) is 47.8 Å². The number of hydrogen-bond acceptors (Lipinski definition) is 4. The lowest BCUT2D eigenvalue weighted by molar-refractivity contribution is 0.0673. The average molecular weight is 250 g/mol. The number of aromatic amines is 1. The van der Waals surface area contributed by atoms with Crippen molar-refractivity contribution in [1.82, 2.24) is 15.1 Å². The number of aliphatic hydroxyl groups is 1. The van der Waals surface area contributed by atoms with E-state index in [1.807, 2.05) is 0 Å². The van der Waals surface area contributed by atoms with E-state index in [1.165, 1.54) is 0 Å². The number of aliphatic hydroxyl groups excluding tert-OH is 1. The van der Waals surface area contributed by atoms with Crippen molar-refractivity contribution in [3.05, 3.63) is 11.4 Å². The number of H-pyrrole nitrogens is 1. The number of carbonyl (C=O) groups excluding carboxylic acids is 1. The summed E-state index contributed by atoms with van der Waals surface area (Å²) in [5.41, 5.74) is 7.71. The van der Waals surface area contributed by atoms with Gasteiger partial charge >= 0.3 is 0 Å². The number of nitrogen functional groups attached to an aromatic ring is 1. The van der Waals surface area contributed by atoms with Crippen LogP contribution >= 0.6 is 0 Å². The third-order valence-electron chi connectivity index (χ3n) is 3.87. The summed E-state index contributed by atoms with van der Waals surface area (Å²) >= 11 is 0. The maximum atomic E-state index is 12.3. The molecule has 6 nitrogen and oxygen atoms in total. The van der Waals surface area contributed by atoms with Crippen LogP contribution in [0.15, 0.2) is 0 Å². The fourth-order valence-corrected chi connectivity index (χ4v) is 2.64. The molecule has 0 spiro atoms. The normalized spacial score (nSPS) is 23.6. The van der Waals surface area contributed by atoms with Gasteiger partial charge in [0.2, 0.25) is 0 Å². The first-order chi connectivity index (χ1) is 8.72. The zero-order valence-corrected chi connectivity index (χ0v) is 10.2. The van der Waals surface area contributed by atoms with E-state index in [0.717, 1.165) is 31.4 Å². The average Bonchev–Trinajstić information content (AvgIpc) is 2.97. The van der Waals surface area contributed by atoms with Gasteiger partial charge in [0.1, 0.15) is 0 Å². The van der Waals surface area contributed by atoms with Crippen molar-refractivity contribution in [3.8, 4) is 0 Å². The number of likely N-dealkylation sites (tertiary alicyclic amines) is 1. The molecular weight excluding hydrogens is 232 g/mol. The Morgan fingerprint density at radius 1 is 1.50 bits per heavy atom. The van der Waals surface area contributed by atoms with E-state index in [2.05, 4.69) is 10.2 Å². The zero-order chi connectivity index (χ0) is 12.7. The Balaban J connectivity index is 1.83. The largest absolute Gasteiger partial charge is 0.395 e. The van der Waals surface area contributed by atoms with E-state index in [0.29, 0.717) is 23.8 Å². The van der Waals surface area contributed by atoms with Gasteiger partial charge in [-0.25, -0.2) is 0 Å². The first kappa shape index (κ1) is 11.5. The molecule has 0 unspecified atom stereocenters. The number of nitrogens with one attached hydrogen (secondary N) is 1. The topological polar surface area (TPSA) is 95.2 Å². The molecule has 2 heterocycles. The molecule has 1 aromatic rings. The van der Waals surface area contributed by atoms with Gasteiger partial charge in [0.15, 0.2) is 5.69 Å². The number of nitrogens with zero attached hydrogens (tertiary/aromatic N) is 2. The summed E-state index contributed by atoms with van der Waals surface area (Å²) in [6.07, 6.45) is 4.00. The van der Waals surface area contributed by atoms with Crippen molar-refractivity contribution in [2.75, 3.05) is 18.9 Å². The van der Waals surface area contributed by atoms with Gasteiger partial charge in [-0.05, 0) is 25.7 Å². The Morgan fingerprint density at radius 3 is 2.94 bits per heavy atom. The van der Waals surface area contributed by atoms with Crippen LogP contribution in [0.5, 0.6) is 0 Å². The summed E-state index contributed by atoms with van der Waals surface area (Å²) in [6.45, 7) is 0.681. The fourth-order valence-electron chi connectivity index (χ4n) is 2.64. The SMILES string of the molecule is Nc1c(C(=O)N2CCC[C@H]2CO)n[nH]c1C1CC1. The minimum Gasteiger partial charge on any atom is -0.395 e. The Labute approximate surface area is 105 Å². The molecule has 6 heteroatoms. The molecule has 1 amide bonds. The maximum Gasteiger partial charge on any atom is 0.276 e. The summed E-state index contributed by atoms with van der Waals surface area (Å²) in [5, 5.41) is 16.2. The fraction of sp³-hybridized carbons (Fsp3) is 0.667. The highest BCUT2D eigenvalue weighted by Gasteiger charge is 2.34. The van der Waals surface area contributed by atoms with E-state index < -0.39 is 0 Å². The van der Waals surface area contributed by atoms with E-state index >= 15 is 0 Å². The first-order valence-electron chi connectivity index (χ1n) is 6.48. The van der Waals surface area contributed by atoms with Crippen LogP contribution in [0.4, 0.5) is 5.69 Å². The molecule has 1 saturated carbocycles. The molecule has 0 aromatic carbocycles. The van der Waals surface area contributed by atoms with E-state index in [1.54, 1.807) is 4.90 Å². The number of carbonyl (C=O) groups is 1. The lowest BCUT2D eigenvalue weighted by Gasteiger charge is -2.22. The molecule has 3 rings (SSSR count). The molecule has 18 heavy (non-hydrogen) atoms. The van der Waals surface area contributed by atoms with E-state index in [9.17, 15) is 9.90 Å². The minimum atomic E-state index is -0.160. The first-order valence-corrected chi connectivity index (χ1v) is 6.48. The Morgan fingerprint density at radius 2 is 2.28 bits per heavy atom. The molecule has 1 aliphatic carbocycles. The van der Waals surface area contributed by atoms with Crippen molar-refractivity contribution >= 4 is 11.6 Å². The van der Waals surface area contributed by atoms with E-state index in [-0.39, 0.29) is 18.6 Å². The number of nitrogens with two attached hydrogens (primary N) is 1. The van der Waals surface area contributed by atoms with Crippen LogP contribution in [0.3, 0.4) is 0 Å². The molecule has 4 N–H and O–H groups in total. The van der Waals surface area contributed by atoms with Gasteiger partial charge in [0.25, 0.3) is 5.91 Å². The lowest BCUT2D eigenvalue weighted by Crippen LogP contribution is -2.38. The molecule has 1 aromatic heterocycles. The van der Waals surface area contributed by atoms with Crippen molar-refractivity contribution < 1.29 is 9.90 Å². The van der Waals surface area contributed by atoms with Gasteiger partial charge in [-0.1, -0.05) is 0 Å². The van der Waals surface area contributed by atoms with Gasteiger partial charge in [-0.15, -0.1) is 0 Å². The predicted octanol–water partition coefficient (Wildman–Crippen LogP) is 0.466. The molecule has 0 radical (unpaired) electrons. The summed E-state index contributed by atoms with van der Waals surface area (Å²) in [4.78, 5) is 14.0. The van der Waals surface area contributed by atoms with Crippen LogP contribution in [0.2, 0.25) is 0 Å². The van der Waals surface area contributed by atoms with Crippen molar-refractivity contribution in [1.29, 1.82) is 0 Å². The van der Waals surface area contributed by atoms with E-state index in [4.69, 9.17) is 5.73 Å². The lowest BCUT2D eigenvalue weighted by atomic mass is 10.2. The van der Waals surface area contributed by atoms with Gasteiger partial charge in [0.05, 0.1) is 24.0 Å². The van der Waals surface area contributed by atoms with Gasteiger partial charge in [0, 0.05) is 12.5 Å². The Hall–Kier alpha value is -1.56. The number of rotatable bonds is 3. The Bertz CT molecular complexity index is 467. The highest BCUT2D eigenvalue weighted by molar-refractivity contribution is 5.98. The highest BCUT2D eigenvalue weighted by Crippen LogP contribution is 2.42. The van der Waals surface area contributed by atoms with Crippen LogP contribution in [-0.4, -0.2) is 45.3 Å². The van der Waals surface area contributed by atoms with Crippen LogP contribution in [0.25, 0.3) is 0 Å². The predicted molar refractivity (Wildman–Crippen MR) is 66.1 cm³/mol. The highest BCUT2D eigenvalue weighted by atomic mass is 16.3. The quantitative estimate of drug-likeness (QED) is 0.726. The number of aromatic nitrogens is 2. The maximum absolute atomic E-state index is 12.3. The zero-order valence-electron chi connectivity index (χ0n) is 10.2. The van der Waals surface area contributed by atoms with Crippen molar-refractivity contribution in [3.63, 3.8) is 0 Å². The molecule has 2 aliphatic rings. The molecular formula is C12H18N4O2. The van der Waals surface area contributed by atoms with Crippen LogP contribution < -0.4 is 5.73 Å². The molecule has 2 fully saturated rings. The summed E-state index contributed by atoms with van der Waals surface area (Å²) < 4.78 is 0. The van der Waals surface area contributed by atoms with Crippen molar-refractivity contribution in [2.24, 2.45) is 0 Å². The molecule has 0 bridgehead atoms. The summed E-state index contributed by atoms with van der Waals surface area (Å²) in [5.74, 6) is 0.290. The monoisotopic (exact) mass is 250 g/mol. The molecule has 98 valence electrons. The van der Waals surface area contributed by atoms with Crippen LogP contribution in [0, 0.1) is 0 Å². The second kappa shape index (κ2) is 4.28. The summed E-state index contributed by atoms with van der Waals surface area (Å²) in [6, 6.07) is -0.0852. The third-order valence-corrected chi connectivity index (χ3v) is 3.87.